The van der Waals surface area contributed by atoms with Crippen molar-refractivity contribution in [1.29, 1.82) is 0 Å². The molecular formula is C17H26Cl2N2. The average Bonchev–Trinajstić information content (AvgIpc) is 2.49. The van der Waals surface area contributed by atoms with Gasteiger partial charge in [-0.1, -0.05) is 36.4 Å². The predicted molar refractivity (Wildman–Crippen MR) is 95.6 cm³/mol. The van der Waals surface area contributed by atoms with Crippen LogP contribution in [0.3, 0.4) is 0 Å². The van der Waals surface area contributed by atoms with E-state index in [9.17, 15) is 0 Å². The highest BCUT2D eigenvalue weighted by molar-refractivity contribution is 5.85. The molecule has 1 unspecified atom stereocenters. The third-order valence-electron chi connectivity index (χ3n) is 4.34. The zero-order valence-corrected chi connectivity index (χ0v) is 14.1. The fraction of sp³-hybridized carbons (Fsp3) is 0.529. The molecule has 1 atom stereocenters. The summed E-state index contributed by atoms with van der Waals surface area (Å²) in [5, 5.41) is 3.43. The summed E-state index contributed by atoms with van der Waals surface area (Å²) >= 11 is 0. The second-order valence-corrected chi connectivity index (χ2v) is 5.79. The van der Waals surface area contributed by atoms with E-state index in [1.54, 1.807) is 5.57 Å². The predicted octanol–water partition coefficient (Wildman–Crippen LogP) is 3.62. The molecule has 0 amide bonds. The summed E-state index contributed by atoms with van der Waals surface area (Å²) in [7, 11) is 0. The fourth-order valence-electron chi connectivity index (χ4n) is 3.29. The lowest BCUT2D eigenvalue weighted by Crippen LogP contribution is -2.45. The summed E-state index contributed by atoms with van der Waals surface area (Å²) in [5.74, 6) is 0.846. The van der Waals surface area contributed by atoms with Crippen molar-refractivity contribution in [3.8, 4) is 0 Å². The second kappa shape index (κ2) is 9.47. The summed E-state index contributed by atoms with van der Waals surface area (Å²) in [6, 6.07) is 10.9. The third kappa shape index (κ3) is 5.30. The summed E-state index contributed by atoms with van der Waals surface area (Å²) in [4.78, 5) is 2.63. The molecule has 1 aromatic rings. The minimum atomic E-state index is 0. The molecule has 0 radical (unpaired) electrons. The van der Waals surface area contributed by atoms with E-state index in [0.29, 0.717) is 0 Å². The van der Waals surface area contributed by atoms with Crippen molar-refractivity contribution < 1.29 is 0 Å². The van der Waals surface area contributed by atoms with Crippen LogP contribution in [0.15, 0.2) is 36.4 Å². The smallest absolute Gasteiger partial charge is 0.0107 e. The molecule has 1 heterocycles. The SMILES string of the molecule is C1=C(c2ccccc2)CC(CN2CCNCC2)CC1.Cl.Cl. The van der Waals surface area contributed by atoms with Crippen molar-refractivity contribution in [2.45, 2.75) is 19.3 Å². The van der Waals surface area contributed by atoms with Gasteiger partial charge in [0.2, 0.25) is 0 Å². The van der Waals surface area contributed by atoms with E-state index in [4.69, 9.17) is 0 Å². The molecule has 1 N–H and O–H groups in total. The molecule has 0 saturated carbocycles. The number of nitrogens with zero attached hydrogens (tertiary/aromatic N) is 1. The second-order valence-electron chi connectivity index (χ2n) is 5.79. The van der Waals surface area contributed by atoms with E-state index >= 15 is 0 Å². The minimum Gasteiger partial charge on any atom is -0.314 e. The van der Waals surface area contributed by atoms with Crippen molar-refractivity contribution in [1.82, 2.24) is 10.2 Å². The van der Waals surface area contributed by atoms with Gasteiger partial charge in [0.1, 0.15) is 0 Å². The maximum absolute atomic E-state index is 3.43. The van der Waals surface area contributed by atoms with Gasteiger partial charge < -0.3 is 10.2 Å². The molecule has 1 saturated heterocycles. The van der Waals surface area contributed by atoms with E-state index in [1.165, 1.54) is 44.5 Å². The highest BCUT2D eigenvalue weighted by Crippen LogP contribution is 2.31. The third-order valence-corrected chi connectivity index (χ3v) is 4.34. The summed E-state index contributed by atoms with van der Waals surface area (Å²) in [6.07, 6.45) is 6.32. The molecule has 1 aliphatic heterocycles. The molecule has 3 rings (SSSR count). The van der Waals surface area contributed by atoms with Crippen LogP contribution in [-0.2, 0) is 0 Å². The molecule has 1 fully saturated rings. The fourth-order valence-corrected chi connectivity index (χ4v) is 3.29. The van der Waals surface area contributed by atoms with Crippen molar-refractivity contribution in [2.24, 2.45) is 5.92 Å². The number of allylic oxidation sites excluding steroid dienone is 2. The van der Waals surface area contributed by atoms with Gasteiger partial charge in [-0.25, -0.2) is 0 Å². The van der Waals surface area contributed by atoms with Crippen LogP contribution in [0.25, 0.3) is 5.57 Å². The monoisotopic (exact) mass is 328 g/mol. The topological polar surface area (TPSA) is 15.3 Å². The first-order valence-corrected chi connectivity index (χ1v) is 7.59. The number of halogens is 2. The summed E-state index contributed by atoms with van der Waals surface area (Å²) in [5.41, 5.74) is 2.99. The van der Waals surface area contributed by atoms with Crippen LogP contribution in [0.1, 0.15) is 24.8 Å². The molecular weight excluding hydrogens is 303 g/mol. The minimum absolute atomic E-state index is 0. The van der Waals surface area contributed by atoms with E-state index < -0.39 is 0 Å². The summed E-state index contributed by atoms with van der Waals surface area (Å²) < 4.78 is 0. The van der Waals surface area contributed by atoms with Crippen LogP contribution in [0, 0.1) is 5.92 Å². The van der Waals surface area contributed by atoms with E-state index in [-0.39, 0.29) is 24.8 Å². The molecule has 21 heavy (non-hydrogen) atoms. The van der Waals surface area contributed by atoms with Crippen LogP contribution >= 0.6 is 24.8 Å². The lowest BCUT2D eigenvalue weighted by atomic mass is 9.85. The van der Waals surface area contributed by atoms with E-state index in [1.807, 2.05) is 0 Å². The number of hydrogen-bond donors (Lipinski definition) is 1. The van der Waals surface area contributed by atoms with E-state index in [2.05, 4.69) is 46.6 Å². The first-order chi connectivity index (χ1) is 9.42. The van der Waals surface area contributed by atoms with Crippen molar-refractivity contribution in [2.75, 3.05) is 32.7 Å². The highest BCUT2D eigenvalue weighted by atomic mass is 35.5. The molecule has 4 heteroatoms. The van der Waals surface area contributed by atoms with Crippen LogP contribution < -0.4 is 5.32 Å². The Morgan fingerprint density at radius 2 is 1.76 bits per heavy atom. The molecule has 2 nitrogen and oxygen atoms in total. The Kier molecular flexibility index (Phi) is 8.35. The van der Waals surface area contributed by atoms with Gasteiger partial charge in [-0.15, -0.1) is 24.8 Å². The highest BCUT2D eigenvalue weighted by Gasteiger charge is 2.20. The van der Waals surface area contributed by atoms with Gasteiger partial charge in [0.05, 0.1) is 0 Å². The van der Waals surface area contributed by atoms with Gasteiger partial charge in [0.25, 0.3) is 0 Å². The van der Waals surface area contributed by atoms with Crippen molar-refractivity contribution >= 4 is 30.4 Å². The number of benzene rings is 1. The van der Waals surface area contributed by atoms with Crippen LogP contribution in [-0.4, -0.2) is 37.6 Å². The van der Waals surface area contributed by atoms with Crippen molar-refractivity contribution in [3.63, 3.8) is 0 Å². The molecule has 1 aliphatic carbocycles. The van der Waals surface area contributed by atoms with Gasteiger partial charge in [-0.3, -0.25) is 0 Å². The largest absolute Gasteiger partial charge is 0.314 e. The molecule has 0 aromatic heterocycles. The van der Waals surface area contributed by atoms with Gasteiger partial charge in [0, 0.05) is 32.7 Å². The number of piperazine rings is 1. The van der Waals surface area contributed by atoms with Crippen molar-refractivity contribution in [3.05, 3.63) is 42.0 Å². The standard InChI is InChI=1S/C17H24N2.2ClH/c1-2-6-16(7-3-1)17-8-4-5-15(13-17)14-19-11-9-18-10-12-19;;/h1-3,6-8,15,18H,4-5,9-14H2;2*1H. The normalized spacial score (nSPS) is 22.7. The number of rotatable bonds is 3. The molecule has 0 spiro atoms. The van der Waals surface area contributed by atoms with Crippen LogP contribution in [0.2, 0.25) is 0 Å². The van der Waals surface area contributed by atoms with Gasteiger partial charge in [-0.05, 0) is 36.3 Å². The zero-order chi connectivity index (χ0) is 12.9. The average molecular weight is 329 g/mol. The van der Waals surface area contributed by atoms with Crippen LogP contribution in [0.5, 0.6) is 0 Å². The maximum Gasteiger partial charge on any atom is 0.0107 e. The Hall–Kier alpha value is -0.540. The number of hydrogen-bond acceptors (Lipinski definition) is 2. The molecule has 0 bridgehead atoms. The Balaban J connectivity index is 0.00000110. The Bertz CT molecular complexity index is 428. The van der Waals surface area contributed by atoms with Gasteiger partial charge >= 0.3 is 0 Å². The quantitative estimate of drug-likeness (QED) is 0.911. The van der Waals surface area contributed by atoms with E-state index in [0.717, 1.165) is 19.0 Å². The molecule has 2 aliphatic rings. The Morgan fingerprint density at radius 1 is 1.05 bits per heavy atom. The molecule has 118 valence electrons. The maximum atomic E-state index is 3.43. The number of nitrogens with one attached hydrogen (secondary N) is 1. The summed E-state index contributed by atoms with van der Waals surface area (Å²) in [6.45, 7) is 6.05. The zero-order valence-electron chi connectivity index (χ0n) is 12.5. The Labute approximate surface area is 140 Å². The first kappa shape index (κ1) is 18.5. The Morgan fingerprint density at radius 3 is 2.48 bits per heavy atom. The van der Waals surface area contributed by atoms with Crippen LogP contribution in [0.4, 0.5) is 0 Å². The first-order valence-electron chi connectivity index (χ1n) is 7.59. The lowest BCUT2D eigenvalue weighted by molar-refractivity contribution is 0.201. The molecule has 1 aromatic carbocycles. The van der Waals surface area contributed by atoms with Gasteiger partial charge in [0.15, 0.2) is 0 Å². The van der Waals surface area contributed by atoms with Gasteiger partial charge in [-0.2, -0.15) is 0 Å². The lowest BCUT2D eigenvalue weighted by Gasteiger charge is -2.32.